The fourth-order valence-electron chi connectivity index (χ4n) is 0.582. The van der Waals surface area contributed by atoms with Crippen molar-refractivity contribution in [2.75, 3.05) is 7.11 Å². The molecule has 0 aromatic heterocycles. The van der Waals surface area contributed by atoms with E-state index in [9.17, 15) is 9.59 Å². The molecule has 0 bridgehead atoms. The second kappa shape index (κ2) is 4.75. The molecule has 7 nitrogen and oxygen atoms in total. The maximum atomic E-state index is 10.2. The van der Waals surface area contributed by atoms with Crippen LogP contribution >= 0.6 is 0 Å². The van der Waals surface area contributed by atoms with E-state index in [0.717, 1.165) is 0 Å². The molecule has 0 fully saturated rings. The summed E-state index contributed by atoms with van der Waals surface area (Å²) >= 11 is 0. The number of methoxy groups -OCH3 is 1. The minimum atomic E-state index is -0.359. The van der Waals surface area contributed by atoms with Crippen molar-refractivity contribution in [1.29, 1.82) is 0 Å². The molecule has 2 rings (SSSR count). The van der Waals surface area contributed by atoms with Gasteiger partial charge in [-0.1, -0.05) is 0 Å². The highest BCUT2D eigenvalue weighted by Gasteiger charge is 2.05. The van der Waals surface area contributed by atoms with Crippen molar-refractivity contribution < 1.29 is 14.3 Å². The first kappa shape index (κ1) is 9.90. The predicted molar refractivity (Wildman–Crippen MR) is 44.0 cm³/mol. The van der Waals surface area contributed by atoms with Crippen LogP contribution in [0, 0.1) is 0 Å². The summed E-state index contributed by atoms with van der Waals surface area (Å²) < 4.78 is 4.56. The van der Waals surface area contributed by atoms with Crippen LogP contribution in [0.2, 0.25) is 0 Å². The molecule has 2 aliphatic rings. The number of hydrogen-bond donors (Lipinski definition) is 0. The Morgan fingerprint density at radius 3 is 2.14 bits per heavy atom. The molecule has 7 heteroatoms. The molecule has 0 saturated carbocycles. The molecule has 14 heavy (non-hydrogen) atoms. The molecule has 0 unspecified atom stereocenters. The van der Waals surface area contributed by atoms with E-state index in [4.69, 9.17) is 0 Å². The molecule has 0 radical (unpaired) electrons. The van der Waals surface area contributed by atoms with Crippen molar-refractivity contribution in [2.45, 2.75) is 0 Å². The monoisotopic (exact) mass is 194 g/mol. The lowest BCUT2D eigenvalue weighted by Crippen LogP contribution is -1.79. The predicted octanol–water partition coefficient (Wildman–Crippen LogP) is 0.959. The van der Waals surface area contributed by atoms with Gasteiger partial charge in [0.05, 0.1) is 19.4 Å². The molecular weight excluding hydrogens is 188 g/mol. The standard InChI is InChI=1S/C4H4N2O2.C3H2N2O/c1-8-4-2-3(7)5-6-4;6-3-1-2-4-5-3/h2H,1H3;1-2H. The van der Waals surface area contributed by atoms with Crippen molar-refractivity contribution >= 4 is 11.8 Å². The SMILES string of the molecule is COC1=CC(=O)N=N1.O=C1C=CN=N1. The quantitative estimate of drug-likeness (QED) is 0.622. The van der Waals surface area contributed by atoms with Crippen molar-refractivity contribution in [3.63, 3.8) is 0 Å². The summed E-state index contributed by atoms with van der Waals surface area (Å²) in [5.74, 6) is -0.355. The minimum absolute atomic E-state index is 0.269. The van der Waals surface area contributed by atoms with Gasteiger partial charge in [0, 0.05) is 6.08 Å². The fourth-order valence-corrected chi connectivity index (χ4v) is 0.582. The lowest BCUT2D eigenvalue weighted by atomic mass is 10.6. The highest BCUT2D eigenvalue weighted by Crippen LogP contribution is 2.05. The highest BCUT2D eigenvalue weighted by atomic mass is 16.5. The van der Waals surface area contributed by atoms with Crippen LogP contribution in [0.3, 0.4) is 0 Å². The molecule has 0 aliphatic carbocycles. The molecule has 0 aromatic rings. The van der Waals surface area contributed by atoms with Gasteiger partial charge in [0.2, 0.25) is 5.88 Å². The van der Waals surface area contributed by atoms with Crippen LogP contribution in [0.5, 0.6) is 0 Å². The van der Waals surface area contributed by atoms with E-state index in [1.165, 1.54) is 25.5 Å². The maximum Gasteiger partial charge on any atom is 0.293 e. The first-order valence-electron chi connectivity index (χ1n) is 3.55. The third-order valence-corrected chi connectivity index (χ3v) is 1.14. The van der Waals surface area contributed by atoms with Gasteiger partial charge in [0.25, 0.3) is 11.8 Å². The van der Waals surface area contributed by atoms with Gasteiger partial charge in [-0.05, 0) is 0 Å². The maximum absolute atomic E-state index is 10.2. The molecule has 0 atom stereocenters. The molecule has 2 heterocycles. The lowest BCUT2D eigenvalue weighted by molar-refractivity contribution is -0.114. The van der Waals surface area contributed by atoms with Crippen molar-refractivity contribution in [3.05, 3.63) is 24.2 Å². The van der Waals surface area contributed by atoms with E-state index in [1.54, 1.807) is 0 Å². The van der Waals surface area contributed by atoms with Crippen LogP contribution in [0.15, 0.2) is 44.7 Å². The van der Waals surface area contributed by atoms with E-state index < -0.39 is 0 Å². The Morgan fingerprint density at radius 1 is 1.14 bits per heavy atom. The summed E-state index contributed by atoms with van der Waals surface area (Å²) in [5.41, 5.74) is 0. The Bertz CT molecular complexity index is 353. The second-order valence-electron chi connectivity index (χ2n) is 2.09. The Hall–Kier alpha value is -2.18. The first-order valence-corrected chi connectivity index (χ1v) is 3.55. The van der Waals surface area contributed by atoms with Gasteiger partial charge < -0.3 is 4.74 Å². The Labute approximate surface area is 78.9 Å². The van der Waals surface area contributed by atoms with Gasteiger partial charge in [0.1, 0.15) is 0 Å². The zero-order valence-electron chi connectivity index (χ0n) is 7.25. The molecule has 0 N–H and O–H groups in total. The lowest BCUT2D eigenvalue weighted by Gasteiger charge is -1.86. The van der Waals surface area contributed by atoms with E-state index in [0.29, 0.717) is 0 Å². The Kier molecular flexibility index (Phi) is 3.36. The van der Waals surface area contributed by atoms with Crippen LogP contribution in [-0.4, -0.2) is 18.9 Å². The molecule has 2 amide bonds. The van der Waals surface area contributed by atoms with Crippen LogP contribution in [0.4, 0.5) is 0 Å². The molecule has 72 valence electrons. The normalized spacial score (nSPS) is 16.8. The number of amides is 2. The summed E-state index contributed by atoms with van der Waals surface area (Å²) in [7, 11) is 1.43. The molecular formula is C7H6N4O3. The van der Waals surface area contributed by atoms with Crippen molar-refractivity contribution in [3.8, 4) is 0 Å². The zero-order valence-corrected chi connectivity index (χ0v) is 7.25. The van der Waals surface area contributed by atoms with Crippen LogP contribution in [0.1, 0.15) is 0 Å². The minimum Gasteiger partial charge on any atom is -0.480 e. The number of ether oxygens (including phenoxy) is 1. The van der Waals surface area contributed by atoms with E-state index >= 15 is 0 Å². The number of azo groups is 2. The fraction of sp³-hybridized carbons (Fsp3) is 0.143. The average molecular weight is 194 g/mol. The topological polar surface area (TPSA) is 92.8 Å². The van der Waals surface area contributed by atoms with E-state index in [-0.39, 0.29) is 17.7 Å². The van der Waals surface area contributed by atoms with Crippen LogP contribution in [0.25, 0.3) is 0 Å². The third-order valence-electron chi connectivity index (χ3n) is 1.14. The number of carbonyl (C=O) groups excluding carboxylic acids is 2. The van der Waals surface area contributed by atoms with Gasteiger partial charge in [0.15, 0.2) is 0 Å². The molecule has 0 saturated heterocycles. The summed E-state index contributed by atoms with van der Waals surface area (Å²) in [6, 6.07) is 0. The van der Waals surface area contributed by atoms with Gasteiger partial charge >= 0.3 is 0 Å². The van der Waals surface area contributed by atoms with Gasteiger partial charge in [-0.25, -0.2) is 0 Å². The number of hydrogen-bond acceptors (Lipinski definition) is 5. The van der Waals surface area contributed by atoms with Gasteiger partial charge in [-0.2, -0.15) is 5.11 Å². The average Bonchev–Trinajstić information content (AvgIpc) is 2.77. The Balaban J connectivity index is 0.000000146. The number of nitrogens with zero attached hydrogens (tertiary/aromatic N) is 4. The smallest absolute Gasteiger partial charge is 0.293 e. The van der Waals surface area contributed by atoms with Crippen molar-refractivity contribution in [1.82, 2.24) is 0 Å². The van der Waals surface area contributed by atoms with E-state index in [2.05, 4.69) is 25.2 Å². The zero-order chi connectivity index (χ0) is 10.4. The summed E-state index contributed by atoms with van der Waals surface area (Å²) in [5, 5.41) is 12.9. The summed E-state index contributed by atoms with van der Waals surface area (Å²) in [4.78, 5) is 20.1. The van der Waals surface area contributed by atoms with E-state index in [1.807, 2.05) is 0 Å². The highest BCUT2D eigenvalue weighted by molar-refractivity contribution is 5.89. The largest absolute Gasteiger partial charge is 0.480 e. The molecule has 2 aliphatic heterocycles. The van der Waals surface area contributed by atoms with Gasteiger partial charge in [-0.3, -0.25) is 9.59 Å². The molecule has 0 spiro atoms. The van der Waals surface area contributed by atoms with Crippen LogP contribution < -0.4 is 0 Å². The molecule has 0 aromatic carbocycles. The van der Waals surface area contributed by atoms with Gasteiger partial charge in [-0.15, -0.1) is 15.3 Å². The van der Waals surface area contributed by atoms with Crippen LogP contribution in [-0.2, 0) is 14.3 Å². The summed E-state index contributed by atoms with van der Waals surface area (Å²) in [6.45, 7) is 0. The number of carbonyl (C=O) groups is 2. The van der Waals surface area contributed by atoms with Crippen molar-refractivity contribution in [2.24, 2.45) is 20.5 Å². The third kappa shape index (κ3) is 3.05. The number of rotatable bonds is 1. The summed E-state index contributed by atoms with van der Waals surface area (Å²) in [6.07, 6.45) is 3.89. The second-order valence-corrected chi connectivity index (χ2v) is 2.09. The Morgan fingerprint density at radius 2 is 1.93 bits per heavy atom. The first-order chi connectivity index (χ1) is 6.72.